The van der Waals surface area contributed by atoms with Gasteiger partial charge in [0.2, 0.25) is 0 Å². The van der Waals surface area contributed by atoms with E-state index in [9.17, 15) is 9.59 Å². The third-order valence-corrected chi connectivity index (χ3v) is 7.85. The number of ketones is 2. The van der Waals surface area contributed by atoms with Crippen molar-refractivity contribution in [3.63, 3.8) is 0 Å². The van der Waals surface area contributed by atoms with Gasteiger partial charge in [0.25, 0.3) is 0 Å². The number of hydrogen-bond acceptors (Lipinski definition) is 5. The molecule has 1 aliphatic rings. The molecule has 1 aliphatic heterocycles. The van der Waals surface area contributed by atoms with Crippen molar-refractivity contribution < 1.29 is 9.59 Å². The van der Waals surface area contributed by atoms with Gasteiger partial charge in [0.1, 0.15) is 0 Å². The average molecular weight is 526 g/mol. The normalized spacial score (nSPS) is 11.9. The van der Waals surface area contributed by atoms with Crippen LogP contribution in [0.25, 0.3) is 0 Å². The standard InChI is InChI=1S/C27H36N2O2S.2ClH/c1-5-28(6-2)17-15-24(30)22-13-9-11-20-19-21-12-10-14-23(27(21)32-26(20)22)25(31)16-18-29(7-3)8-4;;/h9-14H,5-8,15-19H2,1-4H3;2*1H. The van der Waals surface area contributed by atoms with Crippen molar-refractivity contribution in [1.82, 2.24) is 9.80 Å². The highest BCUT2D eigenvalue weighted by molar-refractivity contribution is 7.99. The molecule has 7 heteroatoms. The Morgan fingerprint density at radius 2 is 1.09 bits per heavy atom. The summed E-state index contributed by atoms with van der Waals surface area (Å²) in [5.41, 5.74) is 3.97. The van der Waals surface area contributed by atoms with Gasteiger partial charge in [-0.1, -0.05) is 75.9 Å². The van der Waals surface area contributed by atoms with Crippen LogP contribution in [0.2, 0.25) is 0 Å². The van der Waals surface area contributed by atoms with Crippen molar-refractivity contribution in [3.8, 4) is 0 Å². The molecule has 0 saturated carbocycles. The van der Waals surface area contributed by atoms with Gasteiger partial charge in [-0.2, -0.15) is 0 Å². The zero-order valence-electron chi connectivity index (χ0n) is 20.8. The third kappa shape index (κ3) is 7.32. The van der Waals surface area contributed by atoms with Crippen molar-refractivity contribution >= 4 is 48.1 Å². The molecule has 0 atom stereocenters. The topological polar surface area (TPSA) is 40.6 Å². The summed E-state index contributed by atoms with van der Waals surface area (Å²) in [4.78, 5) is 32.9. The summed E-state index contributed by atoms with van der Waals surface area (Å²) in [6.07, 6.45) is 1.82. The SMILES string of the molecule is CCN(CC)CCC(=O)c1cccc2c1Sc1c(cccc1C(=O)CCN(CC)CC)C2.Cl.Cl. The van der Waals surface area contributed by atoms with E-state index >= 15 is 0 Å². The van der Waals surface area contributed by atoms with E-state index < -0.39 is 0 Å². The summed E-state index contributed by atoms with van der Waals surface area (Å²) in [5, 5.41) is 0. The molecule has 0 unspecified atom stereocenters. The molecule has 0 fully saturated rings. The minimum absolute atomic E-state index is 0. The molecule has 188 valence electrons. The Labute approximate surface area is 221 Å². The predicted molar refractivity (Wildman–Crippen MR) is 148 cm³/mol. The molecule has 0 bridgehead atoms. The van der Waals surface area contributed by atoms with E-state index in [1.165, 1.54) is 11.1 Å². The maximum atomic E-state index is 13.1. The highest BCUT2D eigenvalue weighted by atomic mass is 35.5. The Hall–Kier alpha value is -1.37. The highest BCUT2D eigenvalue weighted by Gasteiger charge is 2.25. The van der Waals surface area contributed by atoms with Crippen LogP contribution in [0.3, 0.4) is 0 Å². The molecule has 2 aromatic rings. The largest absolute Gasteiger partial charge is 0.303 e. The predicted octanol–water partition coefficient (Wildman–Crippen LogP) is 6.41. The molecule has 1 heterocycles. The average Bonchev–Trinajstić information content (AvgIpc) is 2.82. The molecule has 3 rings (SSSR count). The summed E-state index contributed by atoms with van der Waals surface area (Å²) < 4.78 is 0. The maximum absolute atomic E-state index is 13.1. The second kappa shape index (κ2) is 14.9. The van der Waals surface area contributed by atoms with Crippen molar-refractivity contribution in [1.29, 1.82) is 0 Å². The zero-order chi connectivity index (χ0) is 23.1. The van der Waals surface area contributed by atoms with Gasteiger partial charge < -0.3 is 9.80 Å². The van der Waals surface area contributed by atoms with Crippen LogP contribution in [0.15, 0.2) is 46.2 Å². The summed E-state index contributed by atoms with van der Waals surface area (Å²) in [5.74, 6) is 0.380. The second-order valence-electron chi connectivity index (χ2n) is 8.27. The summed E-state index contributed by atoms with van der Waals surface area (Å²) >= 11 is 1.62. The number of fused-ring (bicyclic) bond motifs is 2. The lowest BCUT2D eigenvalue weighted by Gasteiger charge is -2.24. The Balaban J connectivity index is 0.00000289. The van der Waals surface area contributed by atoms with Crippen LogP contribution in [-0.2, 0) is 6.42 Å². The first-order valence-electron chi connectivity index (χ1n) is 11.9. The number of nitrogens with zero attached hydrogens (tertiary/aromatic N) is 2. The fourth-order valence-electron chi connectivity index (χ4n) is 4.30. The lowest BCUT2D eigenvalue weighted by molar-refractivity contribution is 0.0956. The first-order chi connectivity index (χ1) is 15.5. The number of hydrogen-bond donors (Lipinski definition) is 0. The van der Waals surface area contributed by atoms with Crippen molar-refractivity contribution in [2.24, 2.45) is 0 Å². The maximum Gasteiger partial charge on any atom is 0.165 e. The number of carbonyl (C=O) groups is 2. The van der Waals surface area contributed by atoms with Gasteiger partial charge in [-0.05, 0) is 43.7 Å². The summed E-state index contributed by atoms with van der Waals surface area (Å²) in [6.45, 7) is 13.9. The van der Waals surface area contributed by atoms with Gasteiger partial charge in [-0.15, -0.1) is 24.8 Å². The molecular formula is C27H38Cl2N2O2S. The fourth-order valence-corrected chi connectivity index (χ4v) is 5.63. The number of rotatable bonds is 12. The van der Waals surface area contributed by atoms with E-state index in [2.05, 4.69) is 49.6 Å². The fraction of sp³-hybridized carbons (Fsp3) is 0.481. The van der Waals surface area contributed by atoms with Gasteiger partial charge in [0.15, 0.2) is 11.6 Å². The Kier molecular flexibility index (Phi) is 13.4. The Morgan fingerprint density at radius 1 is 0.706 bits per heavy atom. The second-order valence-corrected chi connectivity index (χ2v) is 9.29. The van der Waals surface area contributed by atoms with Crippen LogP contribution in [-0.4, -0.2) is 60.6 Å². The van der Waals surface area contributed by atoms with Crippen LogP contribution >= 0.6 is 36.6 Å². The first kappa shape index (κ1) is 30.7. The van der Waals surface area contributed by atoms with Gasteiger partial charge in [0.05, 0.1) is 0 Å². The number of benzene rings is 2. The van der Waals surface area contributed by atoms with Gasteiger partial charge in [-0.25, -0.2) is 0 Å². The molecule has 0 aromatic heterocycles. The molecule has 0 aliphatic carbocycles. The smallest absolute Gasteiger partial charge is 0.165 e. The number of halogens is 2. The van der Waals surface area contributed by atoms with E-state index in [1.54, 1.807) is 11.8 Å². The van der Waals surface area contributed by atoms with E-state index in [4.69, 9.17) is 0 Å². The monoisotopic (exact) mass is 524 g/mol. The zero-order valence-corrected chi connectivity index (χ0v) is 23.2. The van der Waals surface area contributed by atoms with Crippen molar-refractivity contribution in [2.75, 3.05) is 39.3 Å². The minimum atomic E-state index is 0. The molecule has 0 radical (unpaired) electrons. The molecule has 4 nitrogen and oxygen atoms in total. The molecule has 0 spiro atoms. The van der Waals surface area contributed by atoms with Crippen LogP contribution < -0.4 is 0 Å². The lowest BCUT2D eigenvalue weighted by atomic mass is 9.96. The number of Topliss-reactive ketones (excluding diaryl/α,β-unsaturated/α-hetero) is 2. The summed E-state index contributed by atoms with van der Waals surface area (Å²) in [7, 11) is 0. The van der Waals surface area contributed by atoms with Crippen LogP contribution in [0.5, 0.6) is 0 Å². The van der Waals surface area contributed by atoms with Gasteiger partial charge in [-0.3, -0.25) is 9.59 Å². The Morgan fingerprint density at radius 3 is 1.44 bits per heavy atom. The molecule has 0 amide bonds. The van der Waals surface area contributed by atoms with Crippen LogP contribution in [0.4, 0.5) is 0 Å². The van der Waals surface area contributed by atoms with E-state index in [1.807, 2.05) is 24.3 Å². The molecule has 2 aromatic carbocycles. The summed E-state index contributed by atoms with van der Waals surface area (Å²) in [6, 6.07) is 12.1. The molecular weight excluding hydrogens is 487 g/mol. The Bertz CT molecular complexity index is 884. The lowest BCUT2D eigenvalue weighted by Crippen LogP contribution is -2.26. The van der Waals surface area contributed by atoms with Crippen LogP contribution in [0.1, 0.15) is 72.4 Å². The molecule has 34 heavy (non-hydrogen) atoms. The van der Waals surface area contributed by atoms with E-state index in [0.29, 0.717) is 12.8 Å². The van der Waals surface area contributed by atoms with Crippen molar-refractivity contribution in [2.45, 2.75) is 56.7 Å². The third-order valence-electron chi connectivity index (χ3n) is 6.48. The quantitative estimate of drug-likeness (QED) is 0.256. The first-order valence-corrected chi connectivity index (χ1v) is 12.8. The number of carbonyl (C=O) groups excluding carboxylic acids is 2. The van der Waals surface area contributed by atoms with Gasteiger partial charge in [0, 0.05) is 46.8 Å². The van der Waals surface area contributed by atoms with E-state index in [0.717, 1.165) is 66.6 Å². The molecule has 0 N–H and O–H groups in total. The minimum Gasteiger partial charge on any atom is -0.303 e. The molecule has 0 saturated heterocycles. The van der Waals surface area contributed by atoms with Crippen LogP contribution in [0, 0.1) is 0 Å². The highest BCUT2D eigenvalue weighted by Crippen LogP contribution is 2.43. The van der Waals surface area contributed by atoms with Crippen molar-refractivity contribution in [3.05, 3.63) is 58.7 Å². The van der Waals surface area contributed by atoms with Gasteiger partial charge >= 0.3 is 0 Å². The van der Waals surface area contributed by atoms with E-state index in [-0.39, 0.29) is 36.4 Å².